The second-order valence-electron chi connectivity index (χ2n) is 6.99. The number of nitrogens with zero attached hydrogens (tertiary/aromatic N) is 5. The maximum atomic E-state index is 13.4. The van der Waals surface area contributed by atoms with E-state index in [9.17, 15) is 13.2 Å². The Labute approximate surface area is 172 Å². The van der Waals surface area contributed by atoms with Gasteiger partial charge in [-0.2, -0.15) is 5.26 Å². The zero-order valence-corrected chi connectivity index (χ0v) is 17.0. The molecule has 0 aromatic carbocycles. The first-order chi connectivity index (χ1) is 13.7. The zero-order valence-electron chi connectivity index (χ0n) is 15.4. The lowest BCUT2D eigenvalue weighted by Crippen LogP contribution is -2.55. The molecule has 2 N–H and O–H groups in total. The largest absolute Gasteiger partial charge is 0.287 e. The minimum absolute atomic E-state index is 0.180. The molecule has 1 spiro atoms. The number of hydrogen-bond acceptors (Lipinski definition) is 7. The second-order valence-corrected chi connectivity index (χ2v) is 8.87. The summed E-state index contributed by atoms with van der Waals surface area (Å²) >= 11 is 5.61. The minimum atomic E-state index is -4.01. The topological polar surface area (TPSA) is 133 Å². The van der Waals surface area contributed by atoms with Crippen LogP contribution in [-0.4, -0.2) is 34.9 Å². The van der Waals surface area contributed by atoms with Gasteiger partial charge in [-0.15, -0.1) is 0 Å². The fraction of sp³-hybridized carbons (Fsp3) is 0.278. The molecule has 0 radical (unpaired) electrons. The van der Waals surface area contributed by atoms with Crippen LogP contribution in [0.25, 0.3) is 0 Å². The van der Waals surface area contributed by atoms with Crippen LogP contribution in [0.5, 0.6) is 0 Å². The Hall–Kier alpha value is -2.94. The molecule has 1 saturated carbocycles. The maximum Gasteiger partial charge on any atom is 0.259 e. The number of primary sulfonamides is 1. The van der Waals surface area contributed by atoms with Crippen molar-refractivity contribution >= 4 is 44.8 Å². The highest BCUT2D eigenvalue weighted by Crippen LogP contribution is 2.47. The average molecular weight is 428 g/mol. The first-order valence-corrected chi connectivity index (χ1v) is 10.7. The highest BCUT2D eigenvalue weighted by atomic mass is 32.2. The molecule has 0 unspecified atom stereocenters. The van der Waals surface area contributed by atoms with Gasteiger partial charge in [0.05, 0.1) is 11.9 Å². The number of nitrogens with two attached hydrogens (primary N) is 1. The van der Waals surface area contributed by atoms with E-state index in [1.165, 1.54) is 23.2 Å². The van der Waals surface area contributed by atoms with Gasteiger partial charge in [0.2, 0.25) is 0 Å². The molecule has 1 aliphatic heterocycles. The summed E-state index contributed by atoms with van der Waals surface area (Å²) in [4.78, 5) is 24.6. The molecule has 0 bridgehead atoms. The van der Waals surface area contributed by atoms with E-state index in [2.05, 4.69) is 9.97 Å². The van der Waals surface area contributed by atoms with Crippen molar-refractivity contribution in [1.29, 1.82) is 5.26 Å². The molecule has 3 heterocycles. The number of sulfonamides is 1. The summed E-state index contributed by atoms with van der Waals surface area (Å²) < 4.78 is 23.5. The molecule has 0 atom stereocenters. The van der Waals surface area contributed by atoms with Crippen LogP contribution in [0.2, 0.25) is 0 Å². The molecule has 9 nitrogen and oxygen atoms in total. The lowest BCUT2D eigenvalue weighted by molar-refractivity contribution is -0.123. The number of amides is 1. The van der Waals surface area contributed by atoms with Crippen molar-refractivity contribution < 1.29 is 13.2 Å². The number of carbonyl (C=O) groups excluding carboxylic acids is 1. The molecular weight excluding hydrogens is 412 g/mol. The highest BCUT2D eigenvalue weighted by Gasteiger charge is 2.60. The molecule has 2 aromatic rings. The van der Waals surface area contributed by atoms with Gasteiger partial charge < -0.3 is 0 Å². The van der Waals surface area contributed by atoms with Crippen LogP contribution in [0.4, 0.5) is 11.5 Å². The number of rotatable bonds is 3. The van der Waals surface area contributed by atoms with E-state index < -0.39 is 15.6 Å². The maximum absolute atomic E-state index is 13.4. The molecule has 1 aliphatic carbocycles. The molecule has 11 heteroatoms. The lowest BCUT2D eigenvalue weighted by Gasteiger charge is -2.42. The van der Waals surface area contributed by atoms with E-state index in [1.807, 2.05) is 6.07 Å². The number of hydrogen-bond donors (Lipinski definition) is 1. The van der Waals surface area contributed by atoms with Gasteiger partial charge in [0.1, 0.15) is 23.1 Å². The van der Waals surface area contributed by atoms with Crippen molar-refractivity contribution in [2.24, 2.45) is 5.14 Å². The van der Waals surface area contributed by atoms with E-state index >= 15 is 0 Å². The molecule has 2 aliphatic rings. The fourth-order valence-electron chi connectivity index (χ4n) is 3.65. The van der Waals surface area contributed by atoms with Gasteiger partial charge in [-0.1, -0.05) is 6.07 Å². The second kappa shape index (κ2) is 6.55. The summed E-state index contributed by atoms with van der Waals surface area (Å²) in [5.74, 6) is 0.0258. The van der Waals surface area contributed by atoms with Gasteiger partial charge in [0, 0.05) is 0 Å². The molecular formula is C18H16N6O3S2. The fourth-order valence-corrected chi connectivity index (χ4v) is 4.60. The first-order valence-electron chi connectivity index (χ1n) is 8.74. The summed E-state index contributed by atoms with van der Waals surface area (Å²) in [6.07, 6.45) is 3.39. The van der Waals surface area contributed by atoms with Crippen molar-refractivity contribution in [3.05, 3.63) is 41.7 Å². The van der Waals surface area contributed by atoms with E-state index in [4.69, 9.17) is 22.6 Å². The van der Waals surface area contributed by atoms with Crippen LogP contribution in [0.3, 0.4) is 0 Å². The first kappa shape index (κ1) is 19.4. The highest BCUT2D eigenvalue weighted by molar-refractivity contribution is 7.89. The predicted octanol–water partition coefficient (Wildman–Crippen LogP) is 1.36. The van der Waals surface area contributed by atoms with Crippen LogP contribution < -0.4 is 14.9 Å². The van der Waals surface area contributed by atoms with Crippen LogP contribution in [0.15, 0.2) is 35.5 Å². The average Bonchev–Trinajstić information content (AvgIpc) is 2.88. The Kier molecular flexibility index (Phi) is 4.38. The molecule has 1 saturated heterocycles. The van der Waals surface area contributed by atoms with Gasteiger partial charge in [-0.3, -0.25) is 14.6 Å². The third kappa shape index (κ3) is 2.88. The van der Waals surface area contributed by atoms with Crippen LogP contribution in [0, 0.1) is 18.3 Å². The molecule has 29 heavy (non-hydrogen) atoms. The normalized spacial score (nSPS) is 18.1. The van der Waals surface area contributed by atoms with E-state index in [-0.39, 0.29) is 27.6 Å². The molecule has 1 amide bonds. The Morgan fingerprint density at radius 3 is 2.62 bits per heavy atom. The molecule has 2 aromatic heterocycles. The van der Waals surface area contributed by atoms with Gasteiger partial charge >= 0.3 is 0 Å². The minimum Gasteiger partial charge on any atom is -0.287 e. The van der Waals surface area contributed by atoms with Crippen molar-refractivity contribution in [1.82, 2.24) is 9.97 Å². The monoisotopic (exact) mass is 428 g/mol. The van der Waals surface area contributed by atoms with E-state index in [0.29, 0.717) is 24.1 Å². The van der Waals surface area contributed by atoms with Crippen molar-refractivity contribution in [2.45, 2.75) is 36.8 Å². The summed E-state index contributed by atoms with van der Waals surface area (Å²) in [5.41, 5.74) is 0.427. The Morgan fingerprint density at radius 2 is 2.07 bits per heavy atom. The van der Waals surface area contributed by atoms with Gasteiger partial charge in [-0.25, -0.2) is 23.5 Å². The number of pyridine rings is 2. The zero-order chi connectivity index (χ0) is 21.0. The van der Waals surface area contributed by atoms with E-state index in [1.54, 1.807) is 24.0 Å². The summed E-state index contributed by atoms with van der Waals surface area (Å²) in [7, 11) is -4.01. The SMILES string of the molecule is Cc1cc(N2C(=O)C3(CCC3)N(c3cccc(S(N)(=O)=O)n3)C2=S)cnc1C#N. The smallest absolute Gasteiger partial charge is 0.259 e. The number of aryl methyl sites for hydroxylation is 1. The quantitative estimate of drug-likeness (QED) is 0.725. The number of thiocarbonyl (C=S) groups is 1. The van der Waals surface area contributed by atoms with Crippen LogP contribution in [-0.2, 0) is 14.8 Å². The predicted molar refractivity (Wildman–Crippen MR) is 108 cm³/mol. The van der Waals surface area contributed by atoms with Crippen molar-refractivity contribution in [3.63, 3.8) is 0 Å². The summed E-state index contributed by atoms with van der Waals surface area (Å²) in [6.45, 7) is 1.73. The standard InChI is InChI=1S/C18H16N6O3S2/c1-11-8-12(10-21-13(11)9-19)23-16(25)18(6-3-7-18)24(17(23)28)14-4-2-5-15(22-14)29(20,26)27/h2,4-5,8,10H,3,6-7H2,1H3,(H2,20,26,27). The van der Waals surface area contributed by atoms with Gasteiger partial charge in [-0.05, 0) is 62.2 Å². The number of anilines is 2. The van der Waals surface area contributed by atoms with E-state index in [0.717, 1.165) is 6.42 Å². The molecule has 2 fully saturated rings. The molecule has 4 rings (SSSR count). The summed E-state index contributed by atoms with van der Waals surface area (Å²) in [6, 6.07) is 8.07. The van der Waals surface area contributed by atoms with Gasteiger partial charge in [0.15, 0.2) is 10.1 Å². The number of nitriles is 1. The Balaban J connectivity index is 1.82. The third-order valence-corrected chi connectivity index (χ3v) is 6.43. The van der Waals surface area contributed by atoms with Crippen molar-refractivity contribution in [3.8, 4) is 6.07 Å². The number of aromatic nitrogens is 2. The van der Waals surface area contributed by atoms with Crippen LogP contribution in [0.1, 0.15) is 30.5 Å². The lowest BCUT2D eigenvalue weighted by atomic mass is 9.75. The Morgan fingerprint density at radius 1 is 1.34 bits per heavy atom. The Bertz CT molecular complexity index is 1200. The van der Waals surface area contributed by atoms with Crippen LogP contribution >= 0.6 is 12.2 Å². The summed E-state index contributed by atoms with van der Waals surface area (Å²) in [5, 5.41) is 14.2. The third-order valence-electron chi connectivity index (χ3n) is 5.25. The number of carbonyl (C=O) groups is 1. The molecule has 148 valence electrons. The van der Waals surface area contributed by atoms with Gasteiger partial charge in [0.25, 0.3) is 15.9 Å². The van der Waals surface area contributed by atoms with Crippen molar-refractivity contribution in [2.75, 3.05) is 9.80 Å².